The summed E-state index contributed by atoms with van der Waals surface area (Å²) in [7, 11) is -3.16. The minimum absolute atomic E-state index is 0.0879. The molecule has 0 aliphatic carbocycles. The van der Waals surface area contributed by atoms with Gasteiger partial charge in [0, 0.05) is 11.6 Å². The van der Waals surface area contributed by atoms with Gasteiger partial charge in [0.05, 0.1) is 12.0 Å². The fraction of sp³-hybridized carbons (Fsp3) is 0.0870. The first-order valence-corrected chi connectivity index (χ1v) is 11.3. The molecule has 34 heavy (non-hydrogen) atoms. The van der Waals surface area contributed by atoms with Crippen LogP contribution in [0, 0.1) is 11.6 Å². The normalized spacial score (nSPS) is 11.4. The smallest absolute Gasteiger partial charge is 0.360 e. The number of esters is 1. The van der Waals surface area contributed by atoms with Crippen LogP contribution in [0.2, 0.25) is 0 Å². The summed E-state index contributed by atoms with van der Waals surface area (Å²) in [4.78, 5) is 20.0. The summed E-state index contributed by atoms with van der Waals surface area (Å²) in [5.41, 5.74) is 0.744. The second-order valence-corrected chi connectivity index (χ2v) is 8.93. The van der Waals surface area contributed by atoms with Gasteiger partial charge >= 0.3 is 5.97 Å². The number of hydrogen-bond donors (Lipinski definition) is 2. The van der Waals surface area contributed by atoms with E-state index in [-0.39, 0.29) is 27.4 Å². The standard InChI is InChI=1S/C23H17F2N3O5S/c1-33-23(30)20-21(29)19-18(11-14(12-26-19)10-13-2-4-15(24)5-3-13)22(27-20)28-34(31,32)17-8-6-16(25)7-9-17/h2-9,11-12,29H,10H2,1H3,(H,27,28). The molecule has 0 atom stereocenters. The molecule has 0 saturated heterocycles. The van der Waals surface area contributed by atoms with Crippen LogP contribution >= 0.6 is 0 Å². The van der Waals surface area contributed by atoms with Crippen LogP contribution in [0.3, 0.4) is 0 Å². The average molecular weight is 485 g/mol. The number of halogens is 2. The average Bonchev–Trinajstić information content (AvgIpc) is 2.82. The van der Waals surface area contributed by atoms with Gasteiger partial charge < -0.3 is 9.84 Å². The van der Waals surface area contributed by atoms with Crippen molar-refractivity contribution in [1.29, 1.82) is 0 Å². The number of aromatic hydroxyl groups is 1. The predicted molar refractivity (Wildman–Crippen MR) is 119 cm³/mol. The third kappa shape index (κ3) is 4.64. The fourth-order valence-electron chi connectivity index (χ4n) is 3.27. The number of anilines is 1. The zero-order valence-corrected chi connectivity index (χ0v) is 18.4. The first-order valence-electron chi connectivity index (χ1n) is 9.80. The lowest BCUT2D eigenvalue weighted by Gasteiger charge is -2.14. The number of sulfonamides is 1. The summed E-state index contributed by atoms with van der Waals surface area (Å²) < 4.78 is 59.1. The molecule has 0 aliphatic rings. The Hall–Kier alpha value is -4.12. The summed E-state index contributed by atoms with van der Waals surface area (Å²) in [5, 5.41) is 10.7. The Balaban J connectivity index is 1.84. The molecule has 8 nitrogen and oxygen atoms in total. The van der Waals surface area contributed by atoms with E-state index in [1.807, 2.05) is 0 Å². The van der Waals surface area contributed by atoms with Gasteiger partial charge in [-0.05, 0) is 60.0 Å². The number of pyridine rings is 2. The fourth-order valence-corrected chi connectivity index (χ4v) is 4.29. The molecule has 0 bridgehead atoms. The largest absolute Gasteiger partial charge is 0.504 e. The zero-order valence-electron chi connectivity index (χ0n) is 17.6. The topological polar surface area (TPSA) is 118 Å². The summed E-state index contributed by atoms with van der Waals surface area (Å²) >= 11 is 0. The summed E-state index contributed by atoms with van der Waals surface area (Å²) in [6.45, 7) is 0. The zero-order chi connectivity index (χ0) is 24.5. The molecule has 2 aromatic heterocycles. The molecule has 2 N–H and O–H groups in total. The quantitative estimate of drug-likeness (QED) is 0.399. The van der Waals surface area contributed by atoms with Crippen molar-refractivity contribution in [3.05, 3.63) is 89.2 Å². The van der Waals surface area contributed by atoms with Crippen molar-refractivity contribution >= 4 is 32.7 Å². The van der Waals surface area contributed by atoms with E-state index < -0.39 is 33.3 Å². The Kier molecular flexibility index (Phi) is 6.12. The molecular weight excluding hydrogens is 468 g/mol. The van der Waals surface area contributed by atoms with E-state index in [1.165, 1.54) is 18.3 Å². The number of fused-ring (bicyclic) bond motifs is 1. The van der Waals surface area contributed by atoms with E-state index in [0.717, 1.165) is 36.9 Å². The van der Waals surface area contributed by atoms with Gasteiger partial charge in [0.25, 0.3) is 10.0 Å². The van der Waals surface area contributed by atoms with Crippen LogP contribution in [0.25, 0.3) is 10.9 Å². The van der Waals surface area contributed by atoms with E-state index in [1.54, 1.807) is 18.2 Å². The van der Waals surface area contributed by atoms with Crippen molar-refractivity contribution in [2.75, 3.05) is 11.8 Å². The van der Waals surface area contributed by atoms with Crippen LogP contribution in [-0.4, -0.2) is 36.6 Å². The first kappa shape index (κ1) is 23.1. The molecule has 0 aliphatic heterocycles. The third-order valence-electron chi connectivity index (χ3n) is 4.93. The number of ether oxygens (including phenoxy) is 1. The molecule has 174 valence electrons. The molecule has 4 aromatic rings. The van der Waals surface area contributed by atoms with Crippen molar-refractivity contribution in [3.8, 4) is 5.75 Å². The third-order valence-corrected chi connectivity index (χ3v) is 6.28. The summed E-state index contributed by atoms with van der Waals surface area (Å²) in [6.07, 6.45) is 1.76. The second kappa shape index (κ2) is 9.02. The number of carbonyl (C=O) groups excluding carboxylic acids is 1. The van der Waals surface area contributed by atoms with Crippen molar-refractivity contribution in [2.24, 2.45) is 0 Å². The van der Waals surface area contributed by atoms with Gasteiger partial charge in [-0.25, -0.2) is 27.0 Å². The lowest BCUT2D eigenvalue weighted by atomic mass is 10.0. The number of methoxy groups -OCH3 is 1. The van der Waals surface area contributed by atoms with E-state index in [0.29, 0.717) is 12.0 Å². The number of benzene rings is 2. The minimum Gasteiger partial charge on any atom is -0.504 e. The van der Waals surface area contributed by atoms with Gasteiger partial charge in [-0.3, -0.25) is 9.71 Å². The Morgan fingerprint density at radius 3 is 2.26 bits per heavy atom. The molecule has 0 spiro atoms. The van der Waals surface area contributed by atoms with Crippen molar-refractivity contribution in [3.63, 3.8) is 0 Å². The Morgan fingerprint density at radius 2 is 1.65 bits per heavy atom. The van der Waals surface area contributed by atoms with Gasteiger partial charge in [-0.15, -0.1) is 0 Å². The van der Waals surface area contributed by atoms with Crippen LogP contribution in [-0.2, 0) is 21.2 Å². The molecule has 2 aromatic carbocycles. The highest BCUT2D eigenvalue weighted by atomic mass is 32.2. The lowest BCUT2D eigenvalue weighted by Crippen LogP contribution is -2.16. The van der Waals surface area contributed by atoms with Crippen LogP contribution < -0.4 is 4.72 Å². The van der Waals surface area contributed by atoms with E-state index >= 15 is 0 Å². The van der Waals surface area contributed by atoms with Gasteiger partial charge in [-0.2, -0.15) is 0 Å². The van der Waals surface area contributed by atoms with E-state index in [9.17, 15) is 27.1 Å². The Labute approximate surface area is 192 Å². The Morgan fingerprint density at radius 1 is 1.03 bits per heavy atom. The molecule has 4 rings (SSSR count). The number of nitrogens with one attached hydrogen (secondary N) is 1. The number of carbonyl (C=O) groups is 1. The summed E-state index contributed by atoms with van der Waals surface area (Å²) in [5.74, 6) is -2.87. The highest BCUT2D eigenvalue weighted by molar-refractivity contribution is 7.92. The molecular formula is C23H17F2N3O5S. The SMILES string of the molecule is COC(=O)c1nc(NS(=O)(=O)c2ccc(F)cc2)c2cc(Cc3ccc(F)cc3)cnc2c1O. The van der Waals surface area contributed by atoms with E-state index in [2.05, 4.69) is 19.4 Å². The van der Waals surface area contributed by atoms with E-state index in [4.69, 9.17) is 0 Å². The van der Waals surface area contributed by atoms with Gasteiger partial charge in [0.2, 0.25) is 0 Å². The molecule has 0 radical (unpaired) electrons. The molecule has 0 unspecified atom stereocenters. The Bertz CT molecular complexity index is 1490. The van der Waals surface area contributed by atoms with Crippen molar-refractivity contribution in [1.82, 2.24) is 9.97 Å². The van der Waals surface area contributed by atoms with Crippen LogP contribution in [0.1, 0.15) is 21.6 Å². The monoisotopic (exact) mass is 485 g/mol. The maximum atomic E-state index is 13.2. The van der Waals surface area contributed by atoms with Gasteiger partial charge in [0.15, 0.2) is 17.3 Å². The molecule has 11 heteroatoms. The van der Waals surface area contributed by atoms with Crippen LogP contribution in [0.5, 0.6) is 5.75 Å². The van der Waals surface area contributed by atoms with Crippen LogP contribution in [0.4, 0.5) is 14.6 Å². The number of rotatable bonds is 6. The summed E-state index contributed by atoms with van der Waals surface area (Å²) in [6, 6.07) is 11.4. The number of aromatic nitrogens is 2. The van der Waals surface area contributed by atoms with Crippen molar-refractivity contribution < 1.29 is 31.8 Å². The lowest BCUT2D eigenvalue weighted by molar-refractivity contribution is 0.0591. The second-order valence-electron chi connectivity index (χ2n) is 7.25. The molecule has 2 heterocycles. The molecule has 0 amide bonds. The first-order chi connectivity index (χ1) is 16.2. The van der Waals surface area contributed by atoms with Crippen molar-refractivity contribution in [2.45, 2.75) is 11.3 Å². The molecule has 0 saturated carbocycles. The predicted octanol–water partition coefficient (Wildman–Crippen LogP) is 3.79. The minimum atomic E-state index is -4.24. The highest BCUT2D eigenvalue weighted by Crippen LogP contribution is 2.33. The molecule has 0 fully saturated rings. The maximum Gasteiger partial charge on any atom is 0.360 e. The highest BCUT2D eigenvalue weighted by Gasteiger charge is 2.24. The number of nitrogens with zero attached hydrogens (tertiary/aromatic N) is 2. The maximum absolute atomic E-state index is 13.2. The van der Waals surface area contributed by atoms with Gasteiger partial charge in [0.1, 0.15) is 17.2 Å². The number of hydrogen-bond acceptors (Lipinski definition) is 7. The van der Waals surface area contributed by atoms with Gasteiger partial charge in [-0.1, -0.05) is 12.1 Å². The van der Waals surface area contributed by atoms with Crippen LogP contribution in [0.15, 0.2) is 65.7 Å².